The summed E-state index contributed by atoms with van der Waals surface area (Å²) in [6, 6.07) is 0. The van der Waals surface area contributed by atoms with Crippen molar-refractivity contribution < 1.29 is 76.5 Å². The fraction of sp³-hybridized carbons (Fsp3) is 0. The minimum Gasteiger partial charge on any atom is -0.696 e. The Hall–Kier alpha value is 0.123. The van der Waals surface area contributed by atoms with Gasteiger partial charge in [-0.15, -0.1) is 0 Å². The summed E-state index contributed by atoms with van der Waals surface area (Å²) in [5.74, 6) is 0. The molecule has 0 atom stereocenters. The first-order valence-corrected chi connectivity index (χ1v) is 2.51. The summed E-state index contributed by atoms with van der Waals surface area (Å²) in [5, 5.41) is 25.4. The second-order valence-electron chi connectivity index (χ2n) is 0.274. The van der Waals surface area contributed by atoms with Crippen molar-refractivity contribution >= 4 is 37.9 Å². The van der Waals surface area contributed by atoms with Gasteiger partial charge in [-0.2, -0.15) is 0 Å². The van der Waals surface area contributed by atoms with Crippen LogP contribution in [-0.2, 0) is 37.9 Å². The van der Waals surface area contributed by atoms with Crippen LogP contribution in [0.3, 0.4) is 0 Å². The van der Waals surface area contributed by atoms with Crippen molar-refractivity contribution in [2.24, 2.45) is 0 Å². The molecule has 0 aliphatic rings. The van der Waals surface area contributed by atoms with Crippen LogP contribution >= 0.6 is 0 Å². The number of hydrogen-bond donors (Lipinski definition) is 0. The van der Waals surface area contributed by atoms with Crippen molar-refractivity contribution in [3.8, 4) is 16.2 Å². The van der Waals surface area contributed by atoms with Crippen LogP contribution in [0.25, 0.3) is 0 Å². The summed E-state index contributed by atoms with van der Waals surface area (Å²) < 4.78 is 0. The summed E-state index contributed by atoms with van der Waals surface area (Å²) in [6.07, 6.45) is 0. The maximum Gasteiger partial charge on any atom is 3.00 e. The molecular formula is C3H14DyN3O7S3. The van der Waals surface area contributed by atoms with Crippen LogP contribution in [0.5, 0.6) is 0 Å². The molecule has 0 unspecified atom stereocenters. The van der Waals surface area contributed by atoms with E-state index < -0.39 is 0 Å². The van der Waals surface area contributed by atoms with E-state index in [9.17, 15) is 0 Å². The predicted octanol–water partition coefficient (Wildman–Crippen LogP) is -5.73. The first kappa shape index (κ1) is 119. The van der Waals surface area contributed by atoms with Gasteiger partial charge < -0.3 is 76.2 Å². The van der Waals surface area contributed by atoms with E-state index >= 15 is 0 Å². The molecule has 0 aromatic rings. The smallest absolute Gasteiger partial charge is 0.696 e. The molecule has 0 aromatic heterocycles. The molecule has 0 amide bonds. The zero-order valence-electron chi connectivity index (χ0n) is 7.88. The summed E-state index contributed by atoms with van der Waals surface area (Å²) >= 11 is 11.1. The van der Waals surface area contributed by atoms with E-state index in [0.717, 1.165) is 0 Å². The van der Waals surface area contributed by atoms with Gasteiger partial charge in [0.2, 0.25) is 0 Å². The third kappa shape index (κ3) is 213000. The normalized spacial score (nSPS) is 1.24. The maximum absolute atomic E-state index is 7.13. The fourth-order valence-electron chi connectivity index (χ4n) is 0. The van der Waals surface area contributed by atoms with Crippen LogP contribution in [0.2, 0.25) is 0 Å². The third-order valence-electron chi connectivity index (χ3n) is 0. The molecule has 0 saturated carbocycles. The molecule has 0 rings (SSSR count). The van der Waals surface area contributed by atoms with Gasteiger partial charge in [-0.25, -0.2) is 15.8 Å². The van der Waals surface area contributed by atoms with Crippen molar-refractivity contribution in [1.29, 1.82) is 15.8 Å². The van der Waals surface area contributed by atoms with E-state index in [1.54, 1.807) is 0 Å². The van der Waals surface area contributed by atoms with E-state index in [1.165, 1.54) is 16.2 Å². The van der Waals surface area contributed by atoms with Crippen molar-refractivity contribution in [2.45, 2.75) is 0 Å². The number of thiocyanates is 3. The van der Waals surface area contributed by atoms with Crippen LogP contribution in [0.4, 0.5) is 0 Å². The maximum atomic E-state index is 7.13. The molecule has 111 valence electrons. The van der Waals surface area contributed by atoms with Gasteiger partial charge in [-0.1, -0.05) is 16.2 Å². The molecule has 0 heterocycles. The molecule has 0 fully saturated rings. The predicted molar refractivity (Wildman–Crippen MR) is 64.2 cm³/mol. The SMILES string of the molecule is N#C[S-].N#C[S-].N#C[S-].O.O.O.O.O.O.O.[Dy+3]. The molecule has 0 saturated heterocycles. The Bertz CT molecular complexity index is 129. The Morgan fingerprint density at radius 2 is 0.471 bits per heavy atom. The minimum absolute atomic E-state index is 0. The largest absolute Gasteiger partial charge is 3.00 e. The van der Waals surface area contributed by atoms with E-state index in [-0.39, 0.29) is 76.5 Å². The Balaban J connectivity index is -0.00000000286. The molecule has 0 aromatic carbocycles. The summed E-state index contributed by atoms with van der Waals surface area (Å²) in [4.78, 5) is 0. The van der Waals surface area contributed by atoms with Gasteiger partial charge >= 0.3 is 38.2 Å². The molecule has 0 bridgehead atoms. The molecule has 17 heavy (non-hydrogen) atoms. The van der Waals surface area contributed by atoms with E-state index in [0.29, 0.717) is 0 Å². The van der Waals surface area contributed by atoms with Crippen LogP contribution in [0.1, 0.15) is 0 Å². The topological polar surface area (TPSA) is 292 Å². The summed E-state index contributed by atoms with van der Waals surface area (Å²) in [5.41, 5.74) is 0. The monoisotopic (exact) mass is 464 g/mol. The van der Waals surface area contributed by atoms with Gasteiger partial charge in [0.25, 0.3) is 0 Å². The van der Waals surface area contributed by atoms with Crippen molar-refractivity contribution in [2.75, 3.05) is 0 Å². The molecule has 14 N–H and O–H groups in total. The van der Waals surface area contributed by atoms with Gasteiger partial charge in [0.05, 0.1) is 0 Å². The Morgan fingerprint density at radius 1 is 0.471 bits per heavy atom. The Kier molecular flexibility index (Phi) is 2640. The summed E-state index contributed by atoms with van der Waals surface area (Å²) in [6.45, 7) is 0. The Labute approximate surface area is 145 Å². The molecule has 0 aliphatic carbocycles. The molecule has 1 radical (unpaired) electrons. The van der Waals surface area contributed by atoms with E-state index in [4.69, 9.17) is 15.8 Å². The second kappa shape index (κ2) is 378. The van der Waals surface area contributed by atoms with Gasteiger partial charge in [0, 0.05) is 0 Å². The molecule has 0 spiro atoms. The first-order valence-electron chi connectivity index (χ1n) is 1.28. The van der Waals surface area contributed by atoms with Gasteiger partial charge in [0.1, 0.15) is 0 Å². The minimum atomic E-state index is 0. The zero-order valence-corrected chi connectivity index (χ0v) is 12.4. The average Bonchev–Trinajstić information content (AvgIpc) is 1.70. The zero-order chi connectivity index (χ0) is 8.12. The molecule has 14 heteroatoms. The fourth-order valence-corrected chi connectivity index (χ4v) is 0. The second-order valence-corrected chi connectivity index (χ2v) is 0.822. The standard InChI is InChI=1S/3CHNS.Dy.7H2O/c3*2-1-3;;;;;;;;/h3*3H;;7*1H2/q;;;+3;;;;;;;/p-3. The third-order valence-corrected chi connectivity index (χ3v) is 0. The molecule has 0 aliphatic heterocycles. The number of nitriles is 3. The van der Waals surface area contributed by atoms with Crippen LogP contribution in [0, 0.1) is 70.2 Å². The average molecular weight is 463 g/mol. The quantitative estimate of drug-likeness (QED) is 0.249. The van der Waals surface area contributed by atoms with Gasteiger partial charge in [-0.05, 0) is 0 Å². The number of rotatable bonds is 0. The van der Waals surface area contributed by atoms with Crippen molar-refractivity contribution in [3.05, 3.63) is 0 Å². The van der Waals surface area contributed by atoms with Crippen molar-refractivity contribution in [1.82, 2.24) is 0 Å². The van der Waals surface area contributed by atoms with Gasteiger partial charge in [0.15, 0.2) is 0 Å². The van der Waals surface area contributed by atoms with Crippen LogP contribution < -0.4 is 0 Å². The molecule has 10 nitrogen and oxygen atoms in total. The number of hydrogen-bond acceptors (Lipinski definition) is 6. The van der Waals surface area contributed by atoms with Gasteiger partial charge in [-0.3, -0.25) is 0 Å². The first-order chi connectivity index (χ1) is 4.24. The summed E-state index contributed by atoms with van der Waals surface area (Å²) in [7, 11) is 0. The van der Waals surface area contributed by atoms with Crippen LogP contribution in [-0.4, -0.2) is 38.3 Å². The van der Waals surface area contributed by atoms with Crippen LogP contribution in [0.15, 0.2) is 0 Å². The van der Waals surface area contributed by atoms with Crippen molar-refractivity contribution in [3.63, 3.8) is 0 Å². The van der Waals surface area contributed by atoms with E-state index in [2.05, 4.69) is 37.9 Å². The number of nitrogens with zero attached hydrogens (tertiary/aromatic N) is 3. The Morgan fingerprint density at radius 3 is 0.471 bits per heavy atom. The van der Waals surface area contributed by atoms with E-state index in [1.807, 2.05) is 0 Å². The molecular weight excluding hydrogens is 449 g/mol.